The Kier molecular flexibility index (Phi) is 8.07. The standard InChI is InChI=1S/C7H10N2O2S.Li/c1-2-3-4-12(10,11)7(5-8)6-9;/h7H,2-4H2,1H3;. The summed E-state index contributed by atoms with van der Waals surface area (Å²) in [4.78, 5) is 0. The number of rotatable bonds is 4. The first kappa shape index (κ1) is 15.0. The Morgan fingerprint density at radius 2 is 1.77 bits per heavy atom. The summed E-state index contributed by atoms with van der Waals surface area (Å²) in [5.41, 5.74) is 0. The van der Waals surface area contributed by atoms with Gasteiger partial charge in [0.25, 0.3) is 0 Å². The molecule has 0 saturated heterocycles. The van der Waals surface area contributed by atoms with Gasteiger partial charge in [0.05, 0.1) is 17.9 Å². The normalized spacial score (nSPS) is 9.85. The summed E-state index contributed by atoms with van der Waals surface area (Å²) >= 11 is 0. The molecule has 1 radical (unpaired) electrons. The van der Waals surface area contributed by atoms with Gasteiger partial charge in [0.1, 0.15) is 0 Å². The van der Waals surface area contributed by atoms with Crippen LogP contribution in [0.2, 0.25) is 0 Å². The zero-order valence-corrected chi connectivity index (χ0v) is 8.63. The molecule has 0 aromatic heterocycles. The number of sulfone groups is 1. The molecule has 0 N–H and O–H groups in total. The van der Waals surface area contributed by atoms with Crippen LogP contribution in [0.15, 0.2) is 0 Å². The molecule has 0 amide bonds. The van der Waals surface area contributed by atoms with Gasteiger partial charge in [0.15, 0.2) is 9.84 Å². The van der Waals surface area contributed by atoms with Crippen LogP contribution in [-0.2, 0) is 9.84 Å². The number of unbranched alkanes of at least 4 members (excludes halogenated alkanes) is 1. The van der Waals surface area contributed by atoms with Gasteiger partial charge in [-0.05, 0) is 6.42 Å². The average molecular weight is 193 g/mol. The topological polar surface area (TPSA) is 81.7 Å². The molecule has 0 atom stereocenters. The van der Waals surface area contributed by atoms with Gasteiger partial charge >= 0.3 is 0 Å². The van der Waals surface area contributed by atoms with Gasteiger partial charge in [-0.3, -0.25) is 0 Å². The van der Waals surface area contributed by atoms with Crippen LogP contribution >= 0.6 is 0 Å². The van der Waals surface area contributed by atoms with E-state index in [0.29, 0.717) is 6.42 Å². The second-order valence-corrected chi connectivity index (χ2v) is 4.56. The molecule has 0 rings (SSSR count). The van der Waals surface area contributed by atoms with Crippen molar-refractivity contribution >= 4 is 28.7 Å². The molecule has 4 nitrogen and oxygen atoms in total. The van der Waals surface area contributed by atoms with Crippen LogP contribution in [0.4, 0.5) is 0 Å². The zero-order valence-electron chi connectivity index (χ0n) is 7.82. The maximum atomic E-state index is 11.1. The number of nitriles is 2. The monoisotopic (exact) mass is 193 g/mol. The predicted octanol–water partition coefficient (Wildman–Crippen LogP) is 0.236. The van der Waals surface area contributed by atoms with E-state index >= 15 is 0 Å². The van der Waals surface area contributed by atoms with E-state index in [2.05, 4.69) is 0 Å². The summed E-state index contributed by atoms with van der Waals surface area (Å²) in [5, 5.41) is 15.1. The van der Waals surface area contributed by atoms with Gasteiger partial charge in [0, 0.05) is 18.9 Å². The summed E-state index contributed by atoms with van der Waals surface area (Å²) in [7, 11) is -3.51. The van der Waals surface area contributed by atoms with Crippen LogP contribution in [0.3, 0.4) is 0 Å². The van der Waals surface area contributed by atoms with Crippen molar-refractivity contribution in [2.24, 2.45) is 0 Å². The summed E-state index contributed by atoms with van der Waals surface area (Å²) in [6.45, 7) is 1.85. The first-order valence-electron chi connectivity index (χ1n) is 3.59. The molecule has 0 heterocycles. The van der Waals surface area contributed by atoms with Crippen LogP contribution in [0.1, 0.15) is 19.8 Å². The summed E-state index contributed by atoms with van der Waals surface area (Å²) in [6, 6.07) is 2.90. The second kappa shape index (κ2) is 6.98. The second-order valence-electron chi connectivity index (χ2n) is 2.36. The minimum Gasteiger partial charge on any atom is -0.226 e. The molecule has 67 valence electrons. The van der Waals surface area contributed by atoms with E-state index < -0.39 is 15.1 Å². The molecule has 0 aliphatic rings. The summed E-state index contributed by atoms with van der Waals surface area (Å²) < 4.78 is 22.2. The van der Waals surface area contributed by atoms with Crippen LogP contribution in [-0.4, -0.2) is 38.3 Å². The van der Waals surface area contributed by atoms with Crippen LogP contribution < -0.4 is 0 Å². The van der Waals surface area contributed by atoms with E-state index in [1.165, 1.54) is 12.1 Å². The molecule has 0 aromatic rings. The molecule has 13 heavy (non-hydrogen) atoms. The molecule has 0 aromatic carbocycles. The minimum atomic E-state index is -3.51. The van der Waals surface area contributed by atoms with Crippen LogP contribution in [0.5, 0.6) is 0 Å². The van der Waals surface area contributed by atoms with Gasteiger partial charge in [-0.1, -0.05) is 13.3 Å². The first-order chi connectivity index (χ1) is 5.58. The smallest absolute Gasteiger partial charge is 0.226 e. The molecule has 0 spiro atoms. The molecule has 0 fully saturated rings. The van der Waals surface area contributed by atoms with Crippen LogP contribution in [0.25, 0.3) is 0 Å². The molecule has 0 bridgehead atoms. The maximum Gasteiger partial charge on any atom is 0.233 e. The maximum absolute atomic E-state index is 11.1. The summed E-state index contributed by atoms with van der Waals surface area (Å²) in [5.74, 6) is -0.0741. The zero-order chi connectivity index (χ0) is 9.61. The van der Waals surface area contributed by atoms with E-state index in [4.69, 9.17) is 10.5 Å². The van der Waals surface area contributed by atoms with Crippen molar-refractivity contribution in [3.63, 3.8) is 0 Å². The van der Waals surface area contributed by atoms with Gasteiger partial charge in [-0.25, -0.2) is 8.42 Å². The van der Waals surface area contributed by atoms with Gasteiger partial charge in [0.2, 0.25) is 5.25 Å². The van der Waals surface area contributed by atoms with Crippen molar-refractivity contribution in [2.75, 3.05) is 5.75 Å². The molecule has 6 heteroatoms. The van der Waals surface area contributed by atoms with Crippen molar-refractivity contribution in [2.45, 2.75) is 25.0 Å². The van der Waals surface area contributed by atoms with Crippen molar-refractivity contribution in [3.8, 4) is 12.1 Å². The first-order valence-corrected chi connectivity index (χ1v) is 5.30. The van der Waals surface area contributed by atoms with Gasteiger partial charge < -0.3 is 0 Å². The molecule has 0 aliphatic heterocycles. The third kappa shape index (κ3) is 4.96. The van der Waals surface area contributed by atoms with E-state index in [1.54, 1.807) is 0 Å². The van der Waals surface area contributed by atoms with Crippen molar-refractivity contribution in [3.05, 3.63) is 0 Å². The fourth-order valence-corrected chi connectivity index (χ4v) is 1.90. The van der Waals surface area contributed by atoms with Crippen molar-refractivity contribution < 1.29 is 8.42 Å². The van der Waals surface area contributed by atoms with E-state index in [9.17, 15) is 8.42 Å². The van der Waals surface area contributed by atoms with E-state index in [1.807, 2.05) is 6.92 Å². The van der Waals surface area contributed by atoms with E-state index in [-0.39, 0.29) is 24.6 Å². The van der Waals surface area contributed by atoms with Gasteiger partial charge in [-0.2, -0.15) is 10.5 Å². The number of hydrogen-bond acceptors (Lipinski definition) is 4. The third-order valence-corrected chi connectivity index (χ3v) is 3.16. The Balaban J connectivity index is 0. The fraction of sp³-hybridized carbons (Fsp3) is 0.714. The Hall–Kier alpha value is -0.473. The third-order valence-electron chi connectivity index (χ3n) is 1.38. The summed E-state index contributed by atoms with van der Waals surface area (Å²) in [6.07, 6.45) is 1.24. The number of nitrogens with zero attached hydrogens (tertiary/aromatic N) is 2. The Morgan fingerprint density at radius 3 is 2.08 bits per heavy atom. The van der Waals surface area contributed by atoms with Gasteiger partial charge in [-0.15, -0.1) is 0 Å². The molecular weight excluding hydrogens is 183 g/mol. The predicted molar refractivity (Wildman–Crippen MR) is 49.5 cm³/mol. The minimum absolute atomic E-state index is 0. The molecule has 0 aliphatic carbocycles. The molecule has 0 unspecified atom stereocenters. The largest absolute Gasteiger partial charge is 0.233 e. The van der Waals surface area contributed by atoms with Crippen molar-refractivity contribution in [1.82, 2.24) is 0 Å². The Bertz CT molecular complexity index is 298. The van der Waals surface area contributed by atoms with Crippen molar-refractivity contribution in [1.29, 1.82) is 10.5 Å². The Labute approximate surface area is 90.6 Å². The number of hydrogen-bond donors (Lipinski definition) is 0. The molecular formula is C7H10LiN2O2S. The SMILES string of the molecule is CCCCS(=O)(=O)C(C#N)C#N.[Li]. The fourth-order valence-electron chi connectivity index (χ4n) is 0.653. The van der Waals surface area contributed by atoms with E-state index in [0.717, 1.165) is 6.42 Å². The Morgan fingerprint density at radius 1 is 1.31 bits per heavy atom. The van der Waals surface area contributed by atoms with Crippen LogP contribution in [0, 0.1) is 22.7 Å². The quantitative estimate of drug-likeness (QED) is 0.598. The molecule has 0 saturated carbocycles. The average Bonchev–Trinajstić information content (AvgIpc) is 2.03.